The molecule has 0 aromatic heterocycles. The Morgan fingerprint density at radius 2 is 0.897 bits per heavy atom. The van der Waals surface area contributed by atoms with Gasteiger partial charge >= 0.3 is 29.1 Å². The Hall–Kier alpha value is -2.29. The van der Waals surface area contributed by atoms with Crippen LogP contribution in [-0.4, -0.2) is 216 Å². The Morgan fingerprint density at radius 1 is 0.515 bits per heavy atom. The summed E-state index contributed by atoms with van der Waals surface area (Å²) in [7, 11) is -14.5. The van der Waals surface area contributed by atoms with E-state index in [1.807, 2.05) is 6.92 Å². The third kappa shape index (κ3) is 18.6. The van der Waals surface area contributed by atoms with E-state index >= 15 is 0 Å². The molecule has 30 heteroatoms. The molecule has 9 heterocycles. The SMILES string of the molecule is C.C[C@@]1(O)CCC2CCCC1N2S(=O)(=O)c1ccc(Cl)cc1.C[C@@]1(OC(=O)N2CCN(CCO)CC2)CCC2CCCC1N2S(=O)(=O)c1ccc(Cl)cc1.O=C1CCC2CCCC1N2S(=O)(=O)c1ccc(Cl)cc1.O=S(=O)(c1ccc(Cl)cc1)N1C2CCCC1[C@@H](O)CC2.[Br-].[CH3-].[Mg+2]. The van der Waals surface area contributed by atoms with E-state index in [9.17, 15) is 53.5 Å². The second-order valence-corrected chi connectivity index (χ2v) is 35.5. The van der Waals surface area contributed by atoms with E-state index in [-0.39, 0.29) is 129 Å². The number of halogens is 5. The van der Waals surface area contributed by atoms with Crippen LogP contribution in [0.5, 0.6) is 0 Å². The summed E-state index contributed by atoms with van der Waals surface area (Å²) in [4.78, 5) is 29.8. The van der Waals surface area contributed by atoms with Crippen LogP contribution in [0.2, 0.25) is 20.1 Å². The van der Waals surface area contributed by atoms with Crippen molar-refractivity contribution in [1.29, 1.82) is 0 Å². The number of piperidine rings is 8. The van der Waals surface area contributed by atoms with Crippen LogP contribution in [0.4, 0.5) is 4.79 Å². The molecule has 4 aromatic rings. The molecule has 536 valence electrons. The minimum absolute atomic E-state index is 0. The van der Waals surface area contributed by atoms with Crippen molar-refractivity contribution < 1.29 is 80.3 Å². The Bertz CT molecular complexity index is 3740. The summed E-state index contributed by atoms with van der Waals surface area (Å²) in [5, 5.41) is 31.8. The molecule has 0 saturated carbocycles. The number of rotatable bonds is 11. The monoisotopic (exact) mass is 1580 g/mol. The van der Waals surface area contributed by atoms with E-state index in [0.717, 1.165) is 77.0 Å². The van der Waals surface area contributed by atoms with Crippen molar-refractivity contribution in [1.82, 2.24) is 27.0 Å². The summed E-state index contributed by atoms with van der Waals surface area (Å²) < 4.78 is 117. The molecule has 0 radical (unpaired) electrons. The number of carbonyl (C=O) groups is 2. The number of piperazine rings is 1. The van der Waals surface area contributed by atoms with Gasteiger partial charge in [0.15, 0.2) is 5.78 Å². The third-order valence-electron chi connectivity index (χ3n) is 20.4. The van der Waals surface area contributed by atoms with Gasteiger partial charge in [-0.25, -0.2) is 38.5 Å². The van der Waals surface area contributed by atoms with Gasteiger partial charge in [0.1, 0.15) is 5.60 Å². The molecule has 9 fully saturated rings. The van der Waals surface area contributed by atoms with Gasteiger partial charge in [0.25, 0.3) is 0 Å². The maximum absolute atomic E-state index is 13.6. The topological polar surface area (TPSA) is 260 Å². The van der Waals surface area contributed by atoms with Gasteiger partial charge in [-0.2, -0.15) is 17.2 Å². The van der Waals surface area contributed by atoms with E-state index < -0.39 is 69.5 Å². The fourth-order valence-corrected chi connectivity index (χ4v) is 23.8. The van der Waals surface area contributed by atoms with E-state index in [2.05, 4.69) is 4.90 Å². The van der Waals surface area contributed by atoms with Gasteiger partial charge in [0.05, 0.1) is 62.1 Å². The van der Waals surface area contributed by atoms with Gasteiger partial charge in [0.2, 0.25) is 40.1 Å². The zero-order valence-corrected chi connectivity index (χ0v) is 63.9. The van der Waals surface area contributed by atoms with Crippen LogP contribution in [0.3, 0.4) is 0 Å². The van der Waals surface area contributed by atoms with Gasteiger partial charge in [-0.15, -0.1) is 0 Å². The van der Waals surface area contributed by atoms with Crippen molar-refractivity contribution in [2.75, 3.05) is 39.3 Å². The molecule has 8 bridgehead atoms. The molecule has 8 unspecified atom stereocenters. The molecule has 0 spiro atoms. The molecular formula is C67H93BrCl4MgN6O14S4. The van der Waals surface area contributed by atoms with Gasteiger partial charge in [0, 0.05) is 83.4 Å². The van der Waals surface area contributed by atoms with Gasteiger partial charge in [-0.3, -0.25) is 9.69 Å². The van der Waals surface area contributed by atoms with E-state index in [1.165, 1.54) is 52.8 Å². The minimum Gasteiger partial charge on any atom is -1.00 e. The maximum Gasteiger partial charge on any atom is 2.00 e. The molecule has 9 aliphatic rings. The number of amides is 1. The fraction of sp³-hybridized carbons (Fsp3) is 0.597. The molecule has 4 aromatic carbocycles. The maximum atomic E-state index is 13.6. The van der Waals surface area contributed by atoms with Crippen molar-refractivity contribution in [3.8, 4) is 0 Å². The van der Waals surface area contributed by atoms with Crippen molar-refractivity contribution >= 4 is 121 Å². The Balaban J connectivity index is 0.000000206. The molecule has 13 rings (SSSR count). The standard InChI is InChI=1S/C22H32ClN3O5S.C15H20ClNO3S.C14H18ClNO3S.C14H16ClNO3S.CH4.CH3.BrH.Mg/c1-22(31-21(28)25-13-11-24(12-14-25)15-16-27)10-9-18-3-2-4-20(22)26(18)32(29,30)19-7-5-17(23)6-8-19;1-15(18)10-9-12-3-2-4-14(15)17(12)21(19,20)13-7-5-11(16)6-8-13;2*15-10-4-7-12(8-5-10)20(18,19)16-11-2-1-3-13(16)14(17)9-6-11;;;;/h5-8,18,20,27H,2-4,9-16H2,1H3;5-8,12,14,18H,2-4,9-10H2,1H3;4-5,7-8,11,13-14,17H,1-3,6,9H2;4-5,7-8,11,13H,1-3,6,9H2;1H4;1H3;1H;/q;;;;;-1;;+2/p-1/t18?,20?,22-;12?,14?,15-;11?,13?,14-;;;;;/m110...../s1. The first-order chi connectivity index (χ1) is 44.1. The molecular weight excluding hydrogens is 1490 g/mol. The second-order valence-electron chi connectivity index (χ2n) is 26.4. The third-order valence-corrected chi connectivity index (χ3v) is 29.3. The minimum atomic E-state index is -3.74. The zero-order valence-electron chi connectivity index (χ0n) is 54.6. The number of ketones is 1. The molecule has 9 saturated heterocycles. The molecule has 97 heavy (non-hydrogen) atoms. The van der Waals surface area contributed by atoms with Gasteiger partial charge in [-0.1, -0.05) is 73.1 Å². The smallest absolute Gasteiger partial charge is 1.00 e. The van der Waals surface area contributed by atoms with E-state index in [0.29, 0.717) is 104 Å². The molecule has 1 amide bonds. The molecule has 11 atom stereocenters. The largest absolute Gasteiger partial charge is 2.00 e. The molecule has 0 aliphatic carbocycles. The molecule has 3 N–H and O–H groups in total. The number of Topliss-reactive ketones (excluding diaryl/α,β-unsaturated/α-hetero) is 1. The number of fused-ring (bicyclic) bond motifs is 8. The van der Waals surface area contributed by atoms with Crippen molar-refractivity contribution in [2.45, 2.75) is 235 Å². The Morgan fingerprint density at radius 3 is 1.36 bits per heavy atom. The summed E-state index contributed by atoms with van der Waals surface area (Å²) in [6.45, 7) is 6.78. The first-order valence-corrected chi connectivity index (χ1v) is 39.7. The molecule has 9 aliphatic heterocycles. The van der Waals surface area contributed by atoms with Crippen LogP contribution < -0.4 is 17.0 Å². The summed E-state index contributed by atoms with van der Waals surface area (Å²) in [5.41, 5.74) is -1.83. The van der Waals surface area contributed by atoms with Crippen LogP contribution >= 0.6 is 46.4 Å². The summed E-state index contributed by atoms with van der Waals surface area (Å²) in [5.74, 6) is 0.0542. The average molecular weight is 1580 g/mol. The van der Waals surface area contributed by atoms with Crippen LogP contribution in [-0.2, 0) is 49.6 Å². The quantitative estimate of drug-likeness (QED) is 0.0947. The number of benzene rings is 4. The van der Waals surface area contributed by atoms with Crippen LogP contribution in [0.1, 0.15) is 150 Å². The van der Waals surface area contributed by atoms with Gasteiger partial charge in [-0.05, 0) is 214 Å². The summed E-state index contributed by atoms with van der Waals surface area (Å²) in [6.07, 6.45) is 14.3. The van der Waals surface area contributed by atoms with E-state index in [1.54, 1.807) is 73.3 Å². The number of hydrogen-bond donors (Lipinski definition) is 3. The number of β-amino-alcohol motifs (C(OH)–C–C–N with tert-alkyl or cyclic N) is 1. The van der Waals surface area contributed by atoms with Crippen LogP contribution in [0.15, 0.2) is 117 Å². The zero-order chi connectivity index (χ0) is 66.8. The Labute approximate surface area is 622 Å². The van der Waals surface area contributed by atoms with Crippen LogP contribution in [0, 0.1) is 7.43 Å². The van der Waals surface area contributed by atoms with Crippen LogP contribution in [0.25, 0.3) is 0 Å². The number of aliphatic hydroxyl groups is 3. The first kappa shape index (κ1) is 83.7. The number of nitrogens with zero attached hydrogens (tertiary/aromatic N) is 6. The molecule has 20 nitrogen and oxygen atoms in total. The number of hydrogen-bond acceptors (Lipinski definition) is 15. The van der Waals surface area contributed by atoms with Crippen molar-refractivity contribution in [3.05, 3.63) is 125 Å². The Kier molecular flexibility index (Phi) is 30.2. The summed E-state index contributed by atoms with van der Waals surface area (Å²) in [6, 6.07) is 23.3. The van der Waals surface area contributed by atoms with Crippen molar-refractivity contribution in [3.63, 3.8) is 0 Å². The van der Waals surface area contributed by atoms with Gasteiger partial charge < -0.3 is 49.4 Å². The van der Waals surface area contributed by atoms with Crippen molar-refractivity contribution in [2.24, 2.45) is 0 Å². The first-order valence-electron chi connectivity index (χ1n) is 32.5. The number of carbonyl (C=O) groups excluding carboxylic acids is 2. The predicted octanol–water partition coefficient (Wildman–Crippen LogP) is 8.08. The predicted molar refractivity (Wildman–Crippen MR) is 375 cm³/mol. The fourth-order valence-electron chi connectivity index (χ4n) is 15.5. The second kappa shape index (κ2) is 35.0. The number of sulfonamides is 4. The summed E-state index contributed by atoms with van der Waals surface area (Å²) >= 11 is 23.4. The normalized spacial score (nSPS) is 29.2. The average Bonchev–Trinajstić information content (AvgIpc) is 0.763. The van der Waals surface area contributed by atoms with E-state index in [4.69, 9.17) is 56.2 Å². The number of aliphatic hydroxyl groups excluding tert-OH is 2. The number of ether oxygens (including phenoxy) is 1.